The first kappa shape index (κ1) is 14.6. The number of halogens is 1. The summed E-state index contributed by atoms with van der Waals surface area (Å²) in [6.07, 6.45) is 0.765. The molecule has 0 radical (unpaired) electrons. The second kappa shape index (κ2) is 6.09. The molecule has 20 heavy (non-hydrogen) atoms. The molecular formula is C14H15BrN2O3. The smallest absolute Gasteiger partial charge is 0.175 e. The highest BCUT2D eigenvalue weighted by Crippen LogP contribution is 2.36. The molecule has 0 fully saturated rings. The minimum Gasteiger partial charge on any atom is -0.493 e. The van der Waals surface area contributed by atoms with Crippen molar-refractivity contribution in [3.63, 3.8) is 0 Å². The van der Waals surface area contributed by atoms with Gasteiger partial charge in [0, 0.05) is 12.6 Å². The van der Waals surface area contributed by atoms with E-state index in [1.807, 2.05) is 20.0 Å². The summed E-state index contributed by atoms with van der Waals surface area (Å²) in [5, 5.41) is 4.26. The monoisotopic (exact) mass is 338 g/mol. The van der Waals surface area contributed by atoms with Crippen molar-refractivity contribution < 1.29 is 14.3 Å². The van der Waals surface area contributed by atoms with E-state index in [-0.39, 0.29) is 0 Å². The van der Waals surface area contributed by atoms with Gasteiger partial charge >= 0.3 is 0 Å². The van der Waals surface area contributed by atoms with Gasteiger partial charge in [-0.1, -0.05) is 0 Å². The van der Waals surface area contributed by atoms with E-state index in [1.165, 1.54) is 7.11 Å². The zero-order valence-electron chi connectivity index (χ0n) is 11.5. The molecule has 1 aromatic heterocycles. The molecule has 0 aliphatic carbocycles. The molecule has 5 nitrogen and oxygen atoms in total. The van der Waals surface area contributed by atoms with Crippen LogP contribution in [0.3, 0.4) is 0 Å². The van der Waals surface area contributed by atoms with Crippen molar-refractivity contribution in [1.82, 2.24) is 9.78 Å². The van der Waals surface area contributed by atoms with Crippen molar-refractivity contribution in [3.05, 3.63) is 39.6 Å². The number of aryl methyl sites for hydroxylation is 2. The van der Waals surface area contributed by atoms with Gasteiger partial charge in [-0.2, -0.15) is 5.10 Å². The van der Waals surface area contributed by atoms with Crippen LogP contribution < -0.4 is 9.47 Å². The summed E-state index contributed by atoms with van der Waals surface area (Å²) in [4.78, 5) is 10.8. The van der Waals surface area contributed by atoms with E-state index in [0.717, 1.165) is 17.7 Å². The Labute approximate surface area is 125 Å². The summed E-state index contributed by atoms with van der Waals surface area (Å²) in [7, 11) is 3.41. The molecule has 0 N–H and O–H groups in total. The van der Waals surface area contributed by atoms with Gasteiger partial charge in [-0.3, -0.25) is 9.48 Å². The van der Waals surface area contributed by atoms with E-state index in [0.29, 0.717) is 28.1 Å². The largest absolute Gasteiger partial charge is 0.493 e. The average Bonchev–Trinajstić information content (AvgIpc) is 2.74. The van der Waals surface area contributed by atoms with Gasteiger partial charge < -0.3 is 9.47 Å². The van der Waals surface area contributed by atoms with Crippen LogP contribution in [0.2, 0.25) is 0 Å². The number of nitrogens with zero attached hydrogens (tertiary/aromatic N) is 2. The zero-order valence-corrected chi connectivity index (χ0v) is 13.1. The van der Waals surface area contributed by atoms with Crippen molar-refractivity contribution >= 4 is 22.2 Å². The quantitative estimate of drug-likeness (QED) is 0.786. The van der Waals surface area contributed by atoms with E-state index < -0.39 is 0 Å². The van der Waals surface area contributed by atoms with E-state index >= 15 is 0 Å². The molecule has 0 bridgehead atoms. The molecule has 0 amide bonds. The zero-order chi connectivity index (χ0) is 14.7. The fourth-order valence-corrected chi connectivity index (χ4v) is 2.47. The Morgan fingerprint density at radius 2 is 2.15 bits per heavy atom. The highest BCUT2D eigenvalue weighted by molar-refractivity contribution is 9.10. The standard InChI is InChI=1S/C14H15BrN2O3/c1-9-4-11(17(2)16-9)8-20-14-12(15)5-10(7-18)6-13(14)19-3/h4-7H,8H2,1-3H3. The van der Waals surface area contributed by atoms with Gasteiger partial charge in [-0.25, -0.2) is 0 Å². The van der Waals surface area contributed by atoms with Crippen LogP contribution in [0.4, 0.5) is 0 Å². The molecule has 6 heteroatoms. The molecule has 2 aromatic rings. The van der Waals surface area contributed by atoms with Crippen LogP contribution in [0, 0.1) is 6.92 Å². The lowest BCUT2D eigenvalue weighted by atomic mass is 10.2. The fourth-order valence-electron chi connectivity index (χ4n) is 1.89. The Kier molecular flexibility index (Phi) is 4.44. The third-order valence-electron chi connectivity index (χ3n) is 2.85. The number of hydrogen-bond acceptors (Lipinski definition) is 4. The average molecular weight is 339 g/mol. The molecule has 1 heterocycles. The molecule has 0 aliphatic rings. The van der Waals surface area contributed by atoms with Crippen molar-refractivity contribution in [2.75, 3.05) is 7.11 Å². The number of methoxy groups -OCH3 is 1. The van der Waals surface area contributed by atoms with Crippen LogP contribution in [0.25, 0.3) is 0 Å². The lowest BCUT2D eigenvalue weighted by Crippen LogP contribution is -2.04. The number of rotatable bonds is 5. The highest BCUT2D eigenvalue weighted by atomic mass is 79.9. The summed E-state index contributed by atoms with van der Waals surface area (Å²) in [5.41, 5.74) is 2.42. The van der Waals surface area contributed by atoms with E-state index in [4.69, 9.17) is 9.47 Å². The minimum absolute atomic E-state index is 0.368. The molecule has 0 aliphatic heterocycles. The number of benzene rings is 1. The first-order valence-corrected chi connectivity index (χ1v) is 6.79. The summed E-state index contributed by atoms with van der Waals surface area (Å²) < 4.78 is 13.5. The lowest BCUT2D eigenvalue weighted by Gasteiger charge is -2.13. The second-order valence-corrected chi connectivity index (χ2v) is 5.20. The Morgan fingerprint density at radius 3 is 2.70 bits per heavy atom. The molecule has 0 saturated heterocycles. The Morgan fingerprint density at radius 1 is 1.40 bits per heavy atom. The lowest BCUT2D eigenvalue weighted by molar-refractivity contribution is 0.112. The van der Waals surface area contributed by atoms with Crippen molar-refractivity contribution in [2.24, 2.45) is 7.05 Å². The molecule has 2 rings (SSSR count). The molecule has 1 aromatic carbocycles. The van der Waals surface area contributed by atoms with Gasteiger partial charge in [0.15, 0.2) is 11.5 Å². The maximum Gasteiger partial charge on any atom is 0.175 e. The van der Waals surface area contributed by atoms with E-state index in [2.05, 4.69) is 21.0 Å². The number of ether oxygens (including phenoxy) is 2. The molecular weight excluding hydrogens is 324 g/mol. The Bertz CT molecular complexity index is 638. The van der Waals surface area contributed by atoms with Crippen molar-refractivity contribution in [3.8, 4) is 11.5 Å². The number of carbonyl (C=O) groups excluding carboxylic acids is 1. The predicted molar refractivity (Wildman–Crippen MR) is 78.4 cm³/mol. The maximum atomic E-state index is 10.8. The van der Waals surface area contributed by atoms with Crippen LogP contribution in [0.1, 0.15) is 21.7 Å². The second-order valence-electron chi connectivity index (χ2n) is 4.34. The number of aromatic nitrogens is 2. The normalized spacial score (nSPS) is 10.4. The van der Waals surface area contributed by atoms with Crippen LogP contribution in [-0.4, -0.2) is 23.2 Å². The number of carbonyl (C=O) groups is 1. The molecule has 0 spiro atoms. The molecule has 0 saturated carbocycles. The van der Waals surface area contributed by atoms with Crippen molar-refractivity contribution in [2.45, 2.75) is 13.5 Å². The van der Waals surface area contributed by atoms with Gasteiger partial charge in [0.2, 0.25) is 0 Å². The topological polar surface area (TPSA) is 53.4 Å². The Hall–Kier alpha value is -1.82. The summed E-state index contributed by atoms with van der Waals surface area (Å²) in [6.45, 7) is 2.30. The van der Waals surface area contributed by atoms with Gasteiger partial charge in [0.1, 0.15) is 12.9 Å². The summed E-state index contributed by atoms with van der Waals surface area (Å²) in [5.74, 6) is 1.08. The van der Waals surface area contributed by atoms with Crippen LogP contribution in [-0.2, 0) is 13.7 Å². The Balaban J connectivity index is 2.25. The number of hydrogen-bond donors (Lipinski definition) is 0. The van der Waals surface area contributed by atoms with Crippen molar-refractivity contribution in [1.29, 1.82) is 0 Å². The van der Waals surface area contributed by atoms with Gasteiger partial charge in [0.25, 0.3) is 0 Å². The molecule has 0 unspecified atom stereocenters. The highest BCUT2D eigenvalue weighted by Gasteiger charge is 2.13. The van der Waals surface area contributed by atoms with Gasteiger partial charge in [-0.05, 0) is 41.1 Å². The third-order valence-corrected chi connectivity index (χ3v) is 3.44. The minimum atomic E-state index is 0.368. The first-order chi connectivity index (χ1) is 9.55. The number of aldehydes is 1. The van der Waals surface area contributed by atoms with Gasteiger partial charge in [-0.15, -0.1) is 0 Å². The van der Waals surface area contributed by atoms with Crippen LogP contribution >= 0.6 is 15.9 Å². The SMILES string of the molecule is COc1cc(C=O)cc(Br)c1OCc1cc(C)nn1C. The van der Waals surface area contributed by atoms with Crippen LogP contribution in [0.5, 0.6) is 11.5 Å². The van der Waals surface area contributed by atoms with E-state index in [1.54, 1.807) is 16.8 Å². The van der Waals surface area contributed by atoms with Crippen LogP contribution in [0.15, 0.2) is 22.7 Å². The summed E-state index contributed by atoms with van der Waals surface area (Å²) >= 11 is 3.39. The summed E-state index contributed by atoms with van der Waals surface area (Å²) in [6, 6.07) is 5.29. The maximum absolute atomic E-state index is 10.8. The third kappa shape index (κ3) is 3.01. The van der Waals surface area contributed by atoms with Gasteiger partial charge in [0.05, 0.1) is 23.0 Å². The molecule has 106 valence electrons. The fraction of sp³-hybridized carbons (Fsp3) is 0.286. The predicted octanol–water partition coefficient (Wildman–Crippen LogP) is 2.89. The molecule has 0 atom stereocenters. The van der Waals surface area contributed by atoms with E-state index in [9.17, 15) is 4.79 Å². The first-order valence-electron chi connectivity index (χ1n) is 6.00.